The molecule has 1 saturated heterocycles. The third-order valence-electron chi connectivity index (χ3n) is 4.86. The average Bonchev–Trinajstić information content (AvgIpc) is 3.19. The fourth-order valence-corrected chi connectivity index (χ4v) is 4.10. The highest BCUT2D eigenvalue weighted by molar-refractivity contribution is 7.19. The van der Waals surface area contributed by atoms with Crippen molar-refractivity contribution in [1.29, 1.82) is 0 Å². The fraction of sp³-hybridized carbons (Fsp3) is 0.368. The lowest BCUT2D eigenvalue weighted by Gasteiger charge is -2.32. The number of nitrogens with zero attached hydrogens (tertiary/aromatic N) is 5. The Hall–Kier alpha value is -2.92. The van der Waals surface area contributed by atoms with E-state index in [1.807, 2.05) is 12.1 Å². The van der Waals surface area contributed by atoms with Gasteiger partial charge in [0.05, 0.1) is 0 Å². The first-order valence-electron chi connectivity index (χ1n) is 9.58. The molecule has 3 heterocycles. The molecule has 1 atom stereocenters. The number of benzene rings is 1. The van der Waals surface area contributed by atoms with Crippen LogP contribution in [0.1, 0.15) is 18.4 Å². The van der Waals surface area contributed by atoms with E-state index in [9.17, 15) is 13.9 Å². The highest BCUT2D eigenvalue weighted by Crippen LogP contribution is 2.25. The minimum atomic E-state index is -1.11. The smallest absolute Gasteiger partial charge is 0.209 e. The minimum absolute atomic E-state index is 0.0905. The normalized spacial score (nSPS) is 15.8. The molecule has 0 radical (unpaired) electrons. The molecule has 0 saturated carbocycles. The molecule has 1 aromatic carbocycles. The number of aliphatic hydroxyl groups is 1. The highest BCUT2D eigenvalue weighted by atomic mass is 32.1. The van der Waals surface area contributed by atoms with E-state index >= 15 is 0 Å². The maximum atomic E-state index is 13.7. The Labute approximate surface area is 176 Å². The first-order chi connectivity index (χ1) is 14.6. The summed E-state index contributed by atoms with van der Waals surface area (Å²) < 4.78 is 27.0. The standard InChI is InChI=1S/C19H21F2N7OS/c20-14-4-1-3-12(17(14)21)11-16(29)24-19-27-26-18(30-19)23-13-6-9-28(10-7-13)15-5-2-8-22-25-15/h1-5,8,13,16,29H,6-7,9-11H2,(H,23,26)(H,24,27). The number of nitrogens with one attached hydrogen (secondary N) is 2. The van der Waals surface area contributed by atoms with Crippen LogP contribution in [0.25, 0.3) is 0 Å². The molecule has 1 aliphatic heterocycles. The number of rotatable bonds is 7. The molecule has 0 spiro atoms. The monoisotopic (exact) mass is 433 g/mol. The first-order valence-corrected chi connectivity index (χ1v) is 10.4. The van der Waals surface area contributed by atoms with Crippen molar-refractivity contribution in [2.45, 2.75) is 31.5 Å². The molecule has 1 aliphatic rings. The van der Waals surface area contributed by atoms with Gasteiger partial charge in [-0.1, -0.05) is 23.5 Å². The molecule has 158 valence electrons. The van der Waals surface area contributed by atoms with E-state index < -0.39 is 17.9 Å². The van der Waals surface area contributed by atoms with Gasteiger partial charge in [0.15, 0.2) is 17.5 Å². The molecule has 0 amide bonds. The average molecular weight is 433 g/mol. The second-order valence-corrected chi connectivity index (χ2v) is 7.95. The topological polar surface area (TPSA) is 99.1 Å². The molecular weight excluding hydrogens is 412 g/mol. The lowest BCUT2D eigenvalue weighted by molar-refractivity contribution is 0.202. The van der Waals surface area contributed by atoms with Gasteiger partial charge in [0.1, 0.15) is 6.23 Å². The molecule has 30 heavy (non-hydrogen) atoms. The number of anilines is 3. The number of aliphatic hydroxyl groups excluding tert-OH is 1. The van der Waals surface area contributed by atoms with E-state index in [1.165, 1.54) is 23.5 Å². The molecule has 1 unspecified atom stereocenters. The third-order valence-corrected chi connectivity index (χ3v) is 5.65. The summed E-state index contributed by atoms with van der Waals surface area (Å²) in [6, 6.07) is 7.96. The summed E-state index contributed by atoms with van der Waals surface area (Å²) in [6.45, 7) is 1.72. The summed E-state index contributed by atoms with van der Waals surface area (Å²) >= 11 is 1.26. The zero-order chi connectivity index (χ0) is 20.9. The third kappa shape index (κ3) is 4.97. The van der Waals surface area contributed by atoms with Gasteiger partial charge < -0.3 is 20.6 Å². The lowest BCUT2D eigenvalue weighted by atomic mass is 10.1. The van der Waals surface area contributed by atoms with E-state index in [0.29, 0.717) is 10.3 Å². The molecule has 0 bridgehead atoms. The van der Waals surface area contributed by atoms with Crippen molar-refractivity contribution in [3.63, 3.8) is 0 Å². The van der Waals surface area contributed by atoms with Gasteiger partial charge in [-0.05, 0) is 36.6 Å². The van der Waals surface area contributed by atoms with Gasteiger partial charge in [0.2, 0.25) is 10.3 Å². The van der Waals surface area contributed by atoms with Crippen molar-refractivity contribution in [3.8, 4) is 0 Å². The van der Waals surface area contributed by atoms with Crippen LogP contribution in [0.5, 0.6) is 0 Å². The van der Waals surface area contributed by atoms with Gasteiger partial charge in [0, 0.05) is 31.7 Å². The molecule has 4 rings (SSSR count). The summed E-state index contributed by atoms with van der Waals surface area (Å²) in [5, 5.41) is 33.5. The van der Waals surface area contributed by atoms with E-state index in [1.54, 1.807) is 6.20 Å². The largest absolute Gasteiger partial charge is 0.373 e. The predicted molar refractivity (Wildman–Crippen MR) is 110 cm³/mol. The van der Waals surface area contributed by atoms with Crippen LogP contribution in [-0.4, -0.2) is 50.9 Å². The molecule has 3 N–H and O–H groups in total. The van der Waals surface area contributed by atoms with Gasteiger partial charge in [-0.2, -0.15) is 5.10 Å². The fourth-order valence-electron chi connectivity index (χ4n) is 3.34. The Morgan fingerprint density at radius 2 is 1.90 bits per heavy atom. The molecular formula is C19H21F2N7OS. The van der Waals surface area contributed by atoms with Crippen LogP contribution in [0.2, 0.25) is 0 Å². The zero-order valence-corrected chi connectivity index (χ0v) is 16.8. The maximum absolute atomic E-state index is 13.7. The first kappa shape index (κ1) is 20.4. The molecule has 0 aliphatic carbocycles. The Bertz CT molecular complexity index is 967. The van der Waals surface area contributed by atoms with Gasteiger partial charge in [-0.15, -0.1) is 15.3 Å². The number of piperidine rings is 1. The molecule has 11 heteroatoms. The van der Waals surface area contributed by atoms with Crippen LogP contribution in [0.3, 0.4) is 0 Å². The van der Waals surface area contributed by atoms with Gasteiger partial charge >= 0.3 is 0 Å². The summed E-state index contributed by atoms with van der Waals surface area (Å²) in [5.41, 5.74) is 0.0905. The van der Waals surface area contributed by atoms with Crippen LogP contribution in [0.15, 0.2) is 36.5 Å². The summed E-state index contributed by atoms with van der Waals surface area (Å²) in [5.74, 6) is -1.01. The molecule has 3 aromatic rings. The van der Waals surface area contributed by atoms with Gasteiger partial charge in [-0.25, -0.2) is 8.78 Å². The van der Waals surface area contributed by atoms with E-state index in [4.69, 9.17) is 0 Å². The van der Waals surface area contributed by atoms with Crippen molar-refractivity contribution >= 4 is 27.4 Å². The van der Waals surface area contributed by atoms with Crippen LogP contribution < -0.4 is 15.5 Å². The number of hydrogen-bond donors (Lipinski definition) is 3. The molecule has 1 fully saturated rings. The Balaban J connectivity index is 1.27. The highest BCUT2D eigenvalue weighted by Gasteiger charge is 2.21. The number of hydrogen-bond acceptors (Lipinski definition) is 9. The zero-order valence-electron chi connectivity index (χ0n) is 16.0. The Morgan fingerprint density at radius 3 is 2.67 bits per heavy atom. The van der Waals surface area contributed by atoms with E-state index in [2.05, 4.69) is 35.9 Å². The quantitative estimate of drug-likeness (QED) is 0.489. The number of halogens is 2. The van der Waals surface area contributed by atoms with Crippen LogP contribution in [0, 0.1) is 11.6 Å². The minimum Gasteiger partial charge on any atom is -0.373 e. The van der Waals surface area contributed by atoms with Gasteiger partial charge in [0.25, 0.3) is 0 Å². The molecule has 8 nitrogen and oxygen atoms in total. The van der Waals surface area contributed by atoms with Crippen molar-refractivity contribution < 1.29 is 13.9 Å². The van der Waals surface area contributed by atoms with E-state index in [0.717, 1.165) is 37.8 Å². The Kier molecular flexibility index (Phi) is 6.29. The van der Waals surface area contributed by atoms with Crippen molar-refractivity contribution in [2.24, 2.45) is 0 Å². The van der Waals surface area contributed by atoms with E-state index in [-0.39, 0.29) is 18.0 Å². The SMILES string of the molecule is OC(Cc1cccc(F)c1F)Nc1nnc(NC2CCN(c3cccnn3)CC2)s1. The predicted octanol–water partition coefficient (Wildman–Crippen LogP) is 2.66. The number of aromatic nitrogens is 4. The lowest BCUT2D eigenvalue weighted by Crippen LogP contribution is -2.39. The van der Waals surface area contributed by atoms with Crippen molar-refractivity contribution in [3.05, 3.63) is 53.7 Å². The second kappa shape index (κ2) is 9.26. The van der Waals surface area contributed by atoms with Crippen molar-refractivity contribution in [2.75, 3.05) is 28.6 Å². The van der Waals surface area contributed by atoms with Crippen LogP contribution >= 0.6 is 11.3 Å². The summed E-state index contributed by atoms with van der Waals surface area (Å²) in [7, 11) is 0. The van der Waals surface area contributed by atoms with Crippen molar-refractivity contribution in [1.82, 2.24) is 20.4 Å². The van der Waals surface area contributed by atoms with Gasteiger partial charge in [-0.3, -0.25) is 0 Å². The molecule has 2 aromatic heterocycles. The maximum Gasteiger partial charge on any atom is 0.209 e. The summed E-state index contributed by atoms with van der Waals surface area (Å²) in [6.07, 6.45) is 2.29. The summed E-state index contributed by atoms with van der Waals surface area (Å²) in [4.78, 5) is 2.19. The van der Waals surface area contributed by atoms with Crippen LogP contribution in [0.4, 0.5) is 24.9 Å². The Morgan fingerprint density at radius 1 is 1.10 bits per heavy atom. The van der Waals surface area contributed by atoms with Crippen LogP contribution in [-0.2, 0) is 6.42 Å². The second-order valence-electron chi connectivity index (χ2n) is 6.98.